The summed E-state index contributed by atoms with van der Waals surface area (Å²) in [6.45, 7) is 7.26. The van der Waals surface area contributed by atoms with Crippen molar-refractivity contribution in [2.45, 2.75) is 44.4 Å². The number of likely N-dealkylation sites (tertiary alicyclic amines) is 1. The SMILES string of the molecule is C=CCOC[C@H]1CC[C@H]2[C@H](CCN2C(=O)c2cc(C)on2)O1. The summed E-state index contributed by atoms with van der Waals surface area (Å²) in [6.07, 6.45) is 4.66. The Morgan fingerprint density at radius 3 is 3.14 bits per heavy atom. The molecule has 3 rings (SSSR count). The standard InChI is InChI=1S/C16H22N2O4/c1-3-8-20-10-12-4-5-14-15(21-12)6-7-18(14)16(19)13-9-11(2)22-17-13/h3,9,12,14-15H,1,4-8,10H2,2H3/t12-,14+,15+/m1/s1. The molecule has 2 fully saturated rings. The number of rotatable bonds is 5. The maximum atomic E-state index is 12.5. The van der Waals surface area contributed by atoms with Gasteiger partial charge in [-0.05, 0) is 26.2 Å². The van der Waals surface area contributed by atoms with Gasteiger partial charge in [0.25, 0.3) is 5.91 Å². The number of aryl methyl sites for hydroxylation is 1. The fourth-order valence-electron chi connectivity index (χ4n) is 3.27. The average Bonchev–Trinajstić information content (AvgIpc) is 3.13. The van der Waals surface area contributed by atoms with E-state index in [1.54, 1.807) is 19.1 Å². The minimum Gasteiger partial charge on any atom is -0.375 e. The van der Waals surface area contributed by atoms with Crippen LogP contribution < -0.4 is 0 Å². The van der Waals surface area contributed by atoms with Crippen molar-refractivity contribution in [2.75, 3.05) is 19.8 Å². The minimum absolute atomic E-state index is 0.0608. The monoisotopic (exact) mass is 306 g/mol. The van der Waals surface area contributed by atoms with Crippen molar-refractivity contribution in [1.82, 2.24) is 10.1 Å². The first kappa shape index (κ1) is 15.2. The molecular formula is C16H22N2O4. The first-order chi connectivity index (χ1) is 10.7. The molecule has 1 aromatic rings. The zero-order chi connectivity index (χ0) is 15.5. The quantitative estimate of drug-likeness (QED) is 0.614. The molecule has 0 aliphatic carbocycles. The predicted octanol–water partition coefficient (Wildman–Crippen LogP) is 1.95. The molecule has 0 radical (unpaired) electrons. The molecule has 3 heterocycles. The van der Waals surface area contributed by atoms with Crippen molar-refractivity contribution >= 4 is 5.91 Å². The van der Waals surface area contributed by atoms with Gasteiger partial charge in [-0.2, -0.15) is 0 Å². The highest BCUT2D eigenvalue weighted by molar-refractivity contribution is 5.92. The van der Waals surface area contributed by atoms with Gasteiger partial charge in [0.1, 0.15) is 5.76 Å². The third-order valence-corrected chi connectivity index (χ3v) is 4.28. The van der Waals surface area contributed by atoms with Crippen LogP contribution in [0.4, 0.5) is 0 Å². The van der Waals surface area contributed by atoms with Gasteiger partial charge in [-0.15, -0.1) is 6.58 Å². The molecule has 120 valence electrons. The number of fused-ring (bicyclic) bond motifs is 1. The van der Waals surface area contributed by atoms with Gasteiger partial charge in [-0.25, -0.2) is 0 Å². The van der Waals surface area contributed by atoms with E-state index < -0.39 is 0 Å². The number of ether oxygens (including phenoxy) is 2. The highest BCUT2D eigenvalue weighted by Crippen LogP contribution is 2.32. The van der Waals surface area contributed by atoms with Crippen molar-refractivity contribution < 1.29 is 18.8 Å². The van der Waals surface area contributed by atoms with Crippen molar-refractivity contribution in [2.24, 2.45) is 0 Å². The summed E-state index contributed by atoms with van der Waals surface area (Å²) in [5, 5.41) is 3.83. The van der Waals surface area contributed by atoms with Crippen LogP contribution in [0.1, 0.15) is 35.5 Å². The van der Waals surface area contributed by atoms with Crippen LogP contribution in [0.15, 0.2) is 23.2 Å². The molecule has 0 N–H and O–H groups in total. The largest absolute Gasteiger partial charge is 0.375 e. The summed E-state index contributed by atoms with van der Waals surface area (Å²) < 4.78 is 16.6. The van der Waals surface area contributed by atoms with E-state index in [1.165, 1.54) is 0 Å². The summed E-state index contributed by atoms with van der Waals surface area (Å²) in [4.78, 5) is 14.4. The zero-order valence-electron chi connectivity index (χ0n) is 12.9. The molecule has 3 atom stereocenters. The molecule has 0 bridgehead atoms. The third kappa shape index (κ3) is 3.08. The fraction of sp³-hybridized carbons (Fsp3) is 0.625. The number of amides is 1. The maximum Gasteiger partial charge on any atom is 0.276 e. The van der Waals surface area contributed by atoms with E-state index in [0.717, 1.165) is 19.3 Å². The lowest BCUT2D eigenvalue weighted by atomic mass is 9.99. The second-order valence-electron chi connectivity index (χ2n) is 5.88. The Labute approximate surface area is 130 Å². The molecule has 6 nitrogen and oxygen atoms in total. The third-order valence-electron chi connectivity index (χ3n) is 4.28. The molecule has 22 heavy (non-hydrogen) atoms. The molecule has 0 spiro atoms. The molecule has 0 aromatic carbocycles. The molecule has 2 aliphatic rings. The van der Waals surface area contributed by atoms with Gasteiger partial charge in [0.15, 0.2) is 5.69 Å². The number of carbonyl (C=O) groups is 1. The summed E-state index contributed by atoms with van der Waals surface area (Å²) in [7, 11) is 0. The summed E-state index contributed by atoms with van der Waals surface area (Å²) in [6, 6.07) is 1.82. The first-order valence-electron chi connectivity index (χ1n) is 7.77. The number of nitrogens with zero attached hydrogens (tertiary/aromatic N) is 2. The van der Waals surface area contributed by atoms with Gasteiger partial charge in [0.05, 0.1) is 31.5 Å². The Kier molecular flexibility index (Phi) is 4.59. The van der Waals surface area contributed by atoms with E-state index in [2.05, 4.69) is 11.7 Å². The smallest absolute Gasteiger partial charge is 0.276 e. The van der Waals surface area contributed by atoms with Crippen LogP contribution in [0.25, 0.3) is 0 Å². The zero-order valence-corrected chi connectivity index (χ0v) is 12.9. The predicted molar refractivity (Wildman–Crippen MR) is 79.6 cm³/mol. The average molecular weight is 306 g/mol. The van der Waals surface area contributed by atoms with Crippen molar-refractivity contribution in [3.63, 3.8) is 0 Å². The number of aromatic nitrogens is 1. The molecule has 1 amide bonds. The molecule has 0 saturated carbocycles. The maximum absolute atomic E-state index is 12.5. The second kappa shape index (κ2) is 6.62. The van der Waals surface area contributed by atoms with E-state index in [0.29, 0.717) is 31.2 Å². The van der Waals surface area contributed by atoms with Crippen LogP contribution >= 0.6 is 0 Å². The molecule has 1 aromatic heterocycles. The van der Waals surface area contributed by atoms with Crippen LogP contribution in [0.5, 0.6) is 0 Å². The van der Waals surface area contributed by atoms with Crippen LogP contribution in [0.3, 0.4) is 0 Å². The number of carbonyl (C=O) groups excluding carboxylic acids is 1. The molecule has 6 heteroatoms. The molecule has 2 saturated heterocycles. The normalized spacial score (nSPS) is 27.7. The number of hydrogen-bond acceptors (Lipinski definition) is 5. The molecule has 2 aliphatic heterocycles. The van der Waals surface area contributed by atoms with Crippen molar-refractivity contribution in [1.29, 1.82) is 0 Å². The minimum atomic E-state index is -0.0608. The summed E-state index contributed by atoms with van der Waals surface area (Å²) in [5.74, 6) is 0.590. The fourth-order valence-corrected chi connectivity index (χ4v) is 3.27. The molecule has 0 unspecified atom stereocenters. The van der Waals surface area contributed by atoms with Gasteiger partial charge in [0.2, 0.25) is 0 Å². The Morgan fingerprint density at radius 1 is 1.55 bits per heavy atom. The molecular weight excluding hydrogens is 284 g/mol. The van der Waals surface area contributed by atoms with Gasteiger partial charge in [0, 0.05) is 12.6 Å². The van der Waals surface area contributed by atoms with Crippen molar-refractivity contribution in [3.05, 3.63) is 30.2 Å². The lowest BCUT2D eigenvalue weighted by Gasteiger charge is -2.35. The van der Waals surface area contributed by atoms with Crippen molar-refractivity contribution in [3.8, 4) is 0 Å². The topological polar surface area (TPSA) is 64.8 Å². The first-order valence-corrected chi connectivity index (χ1v) is 7.77. The van der Waals surface area contributed by atoms with Gasteiger partial charge >= 0.3 is 0 Å². The second-order valence-corrected chi connectivity index (χ2v) is 5.88. The van der Waals surface area contributed by atoms with Crippen LogP contribution in [0.2, 0.25) is 0 Å². The Balaban J connectivity index is 1.58. The van der Waals surface area contributed by atoms with Crippen LogP contribution in [-0.4, -0.2) is 54.0 Å². The van der Waals surface area contributed by atoms with Crippen LogP contribution in [0, 0.1) is 6.92 Å². The lowest BCUT2D eigenvalue weighted by Crippen LogP contribution is -2.46. The van der Waals surface area contributed by atoms with E-state index >= 15 is 0 Å². The lowest BCUT2D eigenvalue weighted by molar-refractivity contribution is -0.0937. The highest BCUT2D eigenvalue weighted by atomic mass is 16.5. The van der Waals surface area contributed by atoms with Gasteiger partial charge < -0.3 is 18.9 Å². The Hall–Kier alpha value is -1.66. The van der Waals surface area contributed by atoms with E-state index in [1.807, 2.05) is 4.90 Å². The number of hydrogen-bond donors (Lipinski definition) is 0. The van der Waals surface area contributed by atoms with E-state index in [-0.39, 0.29) is 24.2 Å². The highest BCUT2D eigenvalue weighted by Gasteiger charge is 2.42. The Morgan fingerprint density at radius 2 is 2.41 bits per heavy atom. The summed E-state index contributed by atoms with van der Waals surface area (Å²) in [5.41, 5.74) is 0.384. The summed E-state index contributed by atoms with van der Waals surface area (Å²) >= 11 is 0. The Bertz CT molecular complexity index is 542. The van der Waals surface area contributed by atoms with E-state index in [4.69, 9.17) is 14.0 Å². The van der Waals surface area contributed by atoms with Gasteiger partial charge in [-0.3, -0.25) is 4.79 Å². The van der Waals surface area contributed by atoms with E-state index in [9.17, 15) is 4.79 Å². The van der Waals surface area contributed by atoms with Crippen LogP contribution in [-0.2, 0) is 9.47 Å². The van der Waals surface area contributed by atoms with Gasteiger partial charge in [-0.1, -0.05) is 11.2 Å².